The number of nitrogens with two attached hydrogens (primary N) is 1. The van der Waals surface area contributed by atoms with Crippen LogP contribution in [0.5, 0.6) is 0 Å². The maximum Gasteiger partial charge on any atom is 0.239 e. The molecular formula is C15H22BrN3O2. The molecule has 0 spiro atoms. The lowest BCUT2D eigenvalue weighted by Crippen LogP contribution is -2.55. The Morgan fingerprint density at radius 3 is 3.00 bits per heavy atom. The van der Waals surface area contributed by atoms with Crippen LogP contribution in [0.1, 0.15) is 18.5 Å². The van der Waals surface area contributed by atoms with Gasteiger partial charge in [-0.25, -0.2) is 0 Å². The Hall–Kier alpha value is -0.950. The van der Waals surface area contributed by atoms with E-state index in [-0.39, 0.29) is 18.0 Å². The van der Waals surface area contributed by atoms with Gasteiger partial charge in [0.15, 0.2) is 0 Å². The summed E-state index contributed by atoms with van der Waals surface area (Å²) in [7, 11) is 0. The average Bonchev–Trinajstić information content (AvgIpc) is 2.50. The zero-order valence-corrected chi connectivity index (χ0v) is 13.8. The van der Waals surface area contributed by atoms with Crippen LogP contribution >= 0.6 is 15.9 Å². The molecule has 3 N–H and O–H groups in total. The van der Waals surface area contributed by atoms with Gasteiger partial charge in [-0.2, -0.15) is 0 Å². The van der Waals surface area contributed by atoms with Gasteiger partial charge in [0.1, 0.15) is 6.04 Å². The smallest absolute Gasteiger partial charge is 0.239 e. The van der Waals surface area contributed by atoms with Gasteiger partial charge in [0.25, 0.3) is 0 Å². The van der Waals surface area contributed by atoms with Crippen molar-refractivity contribution in [2.75, 3.05) is 32.8 Å². The summed E-state index contributed by atoms with van der Waals surface area (Å²) in [6.07, 6.45) is 0. The van der Waals surface area contributed by atoms with Crippen molar-refractivity contribution in [1.29, 1.82) is 0 Å². The number of ether oxygens (including phenoxy) is 1. The lowest BCUT2D eigenvalue weighted by molar-refractivity contribution is -0.134. The van der Waals surface area contributed by atoms with Crippen LogP contribution in [0.4, 0.5) is 0 Å². The molecule has 1 aromatic rings. The molecule has 1 aromatic carbocycles. The maximum atomic E-state index is 12.3. The van der Waals surface area contributed by atoms with Crippen molar-refractivity contribution in [1.82, 2.24) is 10.2 Å². The highest BCUT2D eigenvalue weighted by atomic mass is 79.9. The van der Waals surface area contributed by atoms with E-state index >= 15 is 0 Å². The number of carbonyl (C=O) groups excluding carboxylic acids is 1. The standard InChI is InChI=1S/C15H22BrN3O2/c1-2-18-15(20)14-10-21-8-7-19(14)13(9-17)11-5-3-4-6-12(11)16/h3-6,13-14H,2,7-10,17H2,1H3,(H,18,20). The highest BCUT2D eigenvalue weighted by Gasteiger charge is 2.34. The van der Waals surface area contributed by atoms with Crippen LogP contribution in [-0.4, -0.2) is 49.7 Å². The molecule has 0 saturated carbocycles. The molecule has 116 valence electrons. The first kappa shape index (κ1) is 16.4. The van der Waals surface area contributed by atoms with Crippen LogP contribution in [0.15, 0.2) is 28.7 Å². The van der Waals surface area contributed by atoms with Crippen molar-refractivity contribution < 1.29 is 9.53 Å². The van der Waals surface area contributed by atoms with Gasteiger partial charge in [-0.15, -0.1) is 0 Å². The largest absolute Gasteiger partial charge is 0.378 e. The van der Waals surface area contributed by atoms with Gasteiger partial charge in [0.05, 0.1) is 13.2 Å². The zero-order chi connectivity index (χ0) is 15.2. The van der Waals surface area contributed by atoms with E-state index in [0.29, 0.717) is 32.8 Å². The zero-order valence-electron chi connectivity index (χ0n) is 12.2. The number of morpholine rings is 1. The third kappa shape index (κ3) is 3.83. The topological polar surface area (TPSA) is 67.6 Å². The van der Waals surface area contributed by atoms with Crippen molar-refractivity contribution in [2.45, 2.75) is 19.0 Å². The molecule has 5 nitrogen and oxygen atoms in total. The van der Waals surface area contributed by atoms with Crippen molar-refractivity contribution in [3.8, 4) is 0 Å². The van der Waals surface area contributed by atoms with Crippen LogP contribution in [0.25, 0.3) is 0 Å². The second-order valence-corrected chi connectivity index (χ2v) is 5.85. The van der Waals surface area contributed by atoms with Crippen LogP contribution < -0.4 is 11.1 Å². The molecule has 0 bridgehead atoms. The number of rotatable bonds is 5. The maximum absolute atomic E-state index is 12.3. The fourth-order valence-electron chi connectivity index (χ4n) is 2.69. The molecule has 1 saturated heterocycles. The van der Waals surface area contributed by atoms with Crippen molar-refractivity contribution in [2.24, 2.45) is 5.73 Å². The second kappa shape index (κ2) is 7.89. The van der Waals surface area contributed by atoms with E-state index in [1.165, 1.54) is 0 Å². The van der Waals surface area contributed by atoms with E-state index in [9.17, 15) is 4.79 Å². The van der Waals surface area contributed by atoms with Gasteiger partial charge >= 0.3 is 0 Å². The Balaban J connectivity index is 2.25. The minimum atomic E-state index is -0.292. The molecule has 2 atom stereocenters. The molecule has 0 radical (unpaired) electrons. The first-order chi connectivity index (χ1) is 10.2. The summed E-state index contributed by atoms with van der Waals surface area (Å²) in [5.41, 5.74) is 7.11. The lowest BCUT2D eigenvalue weighted by Gasteiger charge is -2.40. The summed E-state index contributed by atoms with van der Waals surface area (Å²) >= 11 is 3.58. The summed E-state index contributed by atoms with van der Waals surface area (Å²) in [5, 5.41) is 2.88. The number of nitrogens with zero attached hydrogens (tertiary/aromatic N) is 1. The van der Waals surface area contributed by atoms with E-state index in [1.807, 2.05) is 31.2 Å². The Morgan fingerprint density at radius 2 is 2.33 bits per heavy atom. The minimum Gasteiger partial charge on any atom is -0.378 e. The van der Waals surface area contributed by atoms with Gasteiger partial charge in [-0.1, -0.05) is 34.1 Å². The van der Waals surface area contributed by atoms with E-state index < -0.39 is 0 Å². The molecule has 2 rings (SSSR count). The van der Waals surface area contributed by atoms with Gasteiger partial charge in [0, 0.05) is 30.1 Å². The number of likely N-dealkylation sites (N-methyl/N-ethyl adjacent to an activating group) is 1. The predicted molar refractivity (Wildman–Crippen MR) is 85.9 cm³/mol. The summed E-state index contributed by atoms with van der Waals surface area (Å²) < 4.78 is 6.50. The second-order valence-electron chi connectivity index (χ2n) is 5.00. The van der Waals surface area contributed by atoms with Crippen molar-refractivity contribution in [3.63, 3.8) is 0 Å². The molecule has 0 aliphatic carbocycles. The Kier molecular flexibility index (Phi) is 6.17. The van der Waals surface area contributed by atoms with Crippen LogP contribution in [0.2, 0.25) is 0 Å². The first-order valence-corrected chi connectivity index (χ1v) is 8.04. The monoisotopic (exact) mass is 355 g/mol. The molecule has 1 amide bonds. The predicted octanol–water partition coefficient (Wildman–Crippen LogP) is 1.29. The summed E-state index contributed by atoms with van der Waals surface area (Å²) in [6.45, 7) is 4.72. The molecule has 1 aliphatic rings. The Morgan fingerprint density at radius 1 is 1.57 bits per heavy atom. The number of benzene rings is 1. The quantitative estimate of drug-likeness (QED) is 0.834. The van der Waals surface area contributed by atoms with Crippen molar-refractivity contribution >= 4 is 21.8 Å². The van der Waals surface area contributed by atoms with Crippen molar-refractivity contribution in [3.05, 3.63) is 34.3 Å². The molecule has 1 heterocycles. The van der Waals surface area contributed by atoms with E-state index in [1.54, 1.807) is 0 Å². The van der Waals surface area contributed by atoms with E-state index in [0.717, 1.165) is 10.0 Å². The molecule has 1 aliphatic heterocycles. The molecule has 0 aromatic heterocycles. The number of nitrogens with one attached hydrogen (secondary N) is 1. The third-order valence-corrected chi connectivity index (χ3v) is 4.43. The Labute approximate surface area is 134 Å². The molecule has 2 unspecified atom stereocenters. The van der Waals surface area contributed by atoms with Gasteiger partial charge in [-0.3, -0.25) is 9.69 Å². The van der Waals surface area contributed by atoms with E-state index in [2.05, 4.69) is 26.1 Å². The molecule has 6 heteroatoms. The van der Waals surface area contributed by atoms with Crippen LogP contribution in [-0.2, 0) is 9.53 Å². The highest BCUT2D eigenvalue weighted by molar-refractivity contribution is 9.10. The number of hydrogen-bond donors (Lipinski definition) is 2. The number of hydrogen-bond acceptors (Lipinski definition) is 4. The summed E-state index contributed by atoms with van der Waals surface area (Å²) in [6, 6.07) is 7.72. The average molecular weight is 356 g/mol. The minimum absolute atomic E-state index is 0.00250. The molecule has 1 fully saturated rings. The molecule has 21 heavy (non-hydrogen) atoms. The number of carbonyl (C=O) groups is 1. The lowest BCUT2D eigenvalue weighted by atomic mass is 10.0. The summed E-state index contributed by atoms with van der Waals surface area (Å²) in [4.78, 5) is 14.4. The van der Waals surface area contributed by atoms with Crippen LogP contribution in [0.3, 0.4) is 0 Å². The fraction of sp³-hybridized carbons (Fsp3) is 0.533. The number of amides is 1. The van der Waals surface area contributed by atoms with E-state index in [4.69, 9.17) is 10.5 Å². The van der Waals surface area contributed by atoms with Crippen LogP contribution in [0, 0.1) is 0 Å². The number of halogens is 1. The Bertz CT molecular complexity index is 484. The normalized spacial score (nSPS) is 21.0. The fourth-order valence-corrected chi connectivity index (χ4v) is 3.24. The highest BCUT2D eigenvalue weighted by Crippen LogP contribution is 2.29. The van der Waals surface area contributed by atoms with Gasteiger partial charge in [0.2, 0.25) is 5.91 Å². The SMILES string of the molecule is CCNC(=O)C1COCCN1C(CN)c1ccccc1Br. The van der Waals surface area contributed by atoms with Gasteiger partial charge in [-0.05, 0) is 18.6 Å². The third-order valence-electron chi connectivity index (χ3n) is 3.71. The first-order valence-electron chi connectivity index (χ1n) is 7.24. The summed E-state index contributed by atoms with van der Waals surface area (Å²) in [5.74, 6) is 0.00250. The molecular weight excluding hydrogens is 334 g/mol. The van der Waals surface area contributed by atoms with Gasteiger partial charge < -0.3 is 15.8 Å².